The number of benzene rings is 1. The zero-order valence-corrected chi connectivity index (χ0v) is 9.73. The number of halogens is 1. The van der Waals surface area contributed by atoms with Crippen LogP contribution in [0.5, 0.6) is 0 Å². The van der Waals surface area contributed by atoms with Crippen molar-refractivity contribution in [2.45, 2.75) is 12.8 Å². The molecule has 88 valence electrons. The molecule has 0 spiro atoms. The molecule has 0 saturated heterocycles. The minimum Gasteiger partial charge on any atom is -0.207 e. The van der Waals surface area contributed by atoms with E-state index in [1.54, 1.807) is 24.3 Å². The van der Waals surface area contributed by atoms with Crippen LogP contribution in [0.4, 0.5) is 4.39 Å². The number of allylic oxidation sites excluding steroid dienone is 3. The minimum atomic E-state index is -0.296. The summed E-state index contributed by atoms with van der Waals surface area (Å²) in [6.45, 7) is 0. The van der Waals surface area contributed by atoms with Crippen molar-refractivity contribution in [1.82, 2.24) is 0 Å². The number of hydrogen-bond donors (Lipinski definition) is 0. The van der Waals surface area contributed by atoms with E-state index in [0.717, 1.165) is 24.0 Å². The topological polar surface area (TPSA) is 47.6 Å². The maximum absolute atomic E-state index is 13.0. The summed E-state index contributed by atoms with van der Waals surface area (Å²) in [5, 5.41) is 17.8. The van der Waals surface area contributed by atoms with Crippen LogP contribution in [0.1, 0.15) is 18.4 Å². The molecule has 0 amide bonds. The van der Waals surface area contributed by atoms with Crippen LogP contribution in [0.2, 0.25) is 0 Å². The van der Waals surface area contributed by atoms with E-state index >= 15 is 0 Å². The number of nitriles is 2. The summed E-state index contributed by atoms with van der Waals surface area (Å²) in [4.78, 5) is 0. The molecule has 0 atom stereocenters. The van der Waals surface area contributed by atoms with Gasteiger partial charge in [0.05, 0.1) is 0 Å². The SMILES string of the molecule is N#CC(C#N)=C(/C=C/c1cccc(F)c1)C1CC1. The van der Waals surface area contributed by atoms with Gasteiger partial charge in [-0.1, -0.05) is 24.3 Å². The van der Waals surface area contributed by atoms with Gasteiger partial charge in [0.2, 0.25) is 0 Å². The van der Waals surface area contributed by atoms with Crippen molar-refractivity contribution in [3.05, 3.63) is 52.9 Å². The molecule has 0 radical (unpaired) electrons. The third-order valence-corrected chi connectivity index (χ3v) is 2.83. The zero-order valence-electron chi connectivity index (χ0n) is 9.73. The predicted molar refractivity (Wildman–Crippen MR) is 66.4 cm³/mol. The summed E-state index contributed by atoms with van der Waals surface area (Å²) >= 11 is 0. The molecule has 2 nitrogen and oxygen atoms in total. The van der Waals surface area contributed by atoms with E-state index < -0.39 is 0 Å². The Morgan fingerprint density at radius 3 is 2.56 bits per heavy atom. The van der Waals surface area contributed by atoms with Gasteiger partial charge in [0.1, 0.15) is 23.5 Å². The molecule has 3 heteroatoms. The molecule has 0 N–H and O–H groups in total. The summed E-state index contributed by atoms with van der Waals surface area (Å²) in [6.07, 6.45) is 5.52. The maximum Gasteiger partial charge on any atom is 0.133 e. The van der Waals surface area contributed by atoms with Crippen LogP contribution in [0, 0.1) is 34.4 Å². The van der Waals surface area contributed by atoms with Crippen molar-refractivity contribution in [3.63, 3.8) is 0 Å². The second-order valence-corrected chi connectivity index (χ2v) is 4.22. The lowest BCUT2D eigenvalue weighted by Gasteiger charge is -1.99. The Balaban J connectivity index is 2.29. The van der Waals surface area contributed by atoms with Crippen molar-refractivity contribution in [3.8, 4) is 12.1 Å². The highest BCUT2D eigenvalue weighted by molar-refractivity contribution is 5.57. The Bertz CT molecular complexity index is 580. The van der Waals surface area contributed by atoms with E-state index in [4.69, 9.17) is 10.5 Å². The first-order valence-corrected chi connectivity index (χ1v) is 5.72. The fourth-order valence-corrected chi connectivity index (χ4v) is 1.77. The minimum absolute atomic E-state index is 0.158. The fraction of sp³-hybridized carbons (Fsp3) is 0.200. The van der Waals surface area contributed by atoms with Gasteiger partial charge < -0.3 is 0 Å². The molecule has 1 aliphatic rings. The Hall–Kier alpha value is -2.39. The van der Waals surface area contributed by atoms with Crippen LogP contribution < -0.4 is 0 Å². The molecule has 1 aromatic rings. The Morgan fingerprint density at radius 2 is 2.00 bits per heavy atom. The van der Waals surface area contributed by atoms with Gasteiger partial charge >= 0.3 is 0 Å². The van der Waals surface area contributed by atoms with E-state index in [9.17, 15) is 4.39 Å². The van der Waals surface area contributed by atoms with Gasteiger partial charge in [-0.2, -0.15) is 10.5 Å². The second-order valence-electron chi connectivity index (χ2n) is 4.22. The van der Waals surface area contributed by atoms with Gasteiger partial charge in [-0.25, -0.2) is 4.39 Å². The van der Waals surface area contributed by atoms with Crippen molar-refractivity contribution < 1.29 is 4.39 Å². The van der Waals surface area contributed by atoms with Crippen LogP contribution in [0.15, 0.2) is 41.5 Å². The molecular weight excluding hydrogens is 227 g/mol. The molecule has 0 unspecified atom stereocenters. The molecule has 1 aromatic carbocycles. The molecule has 1 saturated carbocycles. The lowest BCUT2D eigenvalue weighted by atomic mass is 10.0. The Morgan fingerprint density at radius 1 is 1.28 bits per heavy atom. The summed E-state index contributed by atoms with van der Waals surface area (Å²) in [5.41, 5.74) is 1.65. The molecule has 0 heterocycles. The van der Waals surface area contributed by atoms with Gasteiger partial charge in [0, 0.05) is 0 Å². The lowest BCUT2D eigenvalue weighted by molar-refractivity contribution is 0.627. The van der Waals surface area contributed by atoms with E-state index in [1.807, 2.05) is 12.1 Å². The second kappa shape index (κ2) is 5.29. The molecule has 0 aliphatic heterocycles. The van der Waals surface area contributed by atoms with Gasteiger partial charge in [0.15, 0.2) is 0 Å². The standard InChI is InChI=1S/C15H11FN2/c16-14-3-1-2-11(8-14)4-7-15(12-5-6-12)13(9-17)10-18/h1-4,7-8,12H,5-6H2/b7-4+. The number of nitrogens with zero attached hydrogens (tertiary/aromatic N) is 2. The third kappa shape index (κ3) is 2.84. The van der Waals surface area contributed by atoms with Gasteiger partial charge in [-0.05, 0) is 42.0 Å². The fourth-order valence-electron chi connectivity index (χ4n) is 1.77. The average molecular weight is 238 g/mol. The van der Waals surface area contributed by atoms with E-state index in [2.05, 4.69) is 0 Å². The van der Waals surface area contributed by atoms with Gasteiger partial charge in [-0.15, -0.1) is 0 Å². The van der Waals surface area contributed by atoms with Crippen molar-refractivity contribution in [2.24, 2.45) is 5.92 Å². The summed E-state index contributed by atoms with van der Waals surface area (Å²) in [5.74, 6) is 0.0130. The molecule has 1 aliphatic carbocycles. The van der Waals surface area contributed by atoms with E-state index in [-0.39, 0.29) is 11.4 Å². The third-order valence-electron chi connectivity index (χ3n) is 2.83. The number of hydrogen-bond acceptors (Lipinski definition) is 2. The van der Waals surface area contributed by atoms with E-state index in [0.29, 0.717) is 5.92 Å². The quantitative estimate of drug-likeness (QED) is 0.596. The molecule has 1 fully saturated rings. The van der Waals surface area contributed by atoms with E-state index in [1.165, 1.54) is 12.1 Å². The predicted octanol–water partition coefficient (Wildman–Crippen LogP) is 3.59. The highest BCUT2D eigenvalue weighted by atomic mass is 19.1. The molecule has 0 bridgehead atoms. The van der Waals surface area contributed by atoms with Crippen LogP contribution in [0.3, 0.4) is 0 Å². The highest BCUT2D eigenvalue weighted by Crippen LogP contribution is 2.38. The maximum atomic E-state index is 13.0. The highest BCUT2D eigenvalue weighted by Gasteiger charge is 2.27. The van der Waals surface area contributed by atoms with Gasteiger partial charge in [-0.3, -0.25) is 0 Å². The van der Waals surface area contributed by atoms with Crippen molar-refractivity contribution in [1.29, 1.82) is 10.5 Å². The summed E-state index contributed by atoms with van der Waals surface area (Å²) in [6, 6.07) is 10.0. The first-order valence-electron chi connectivity index (χ1n) is 5.72. The zero-order chi connectivity index (χ0) is 13.0. The Kier molecular flexibility index (Phi) is 3.55. The smallest absolute Gasteiger partial charge is 0.133 e. The van der Waals surface area contributed by atoms with Crippen molar-refractivity contribution >= 4 is 6.08 Å². The molecule has 2 rings (SSSR count). The van der Waals surface area contributed by atoms with Crippen LogP contribution in [-0.2, 0) is 0 Å². The molecular formula is C15H11FN2. The molecule has 18 heavy (non-hydrogen) atoms. The largest absolute Gasteiger partial charge is 0.207 e. The first-order chi connectivity index (χ1) is 8.74. The first kappa shape index (κ1) is 12.1. The number of rotatable bonds is 3. The lowest BCUT2D eigenvalue weighted by Crippen LogP contribution is -1.87. The normalized spacial score (nSPS) is 13.9. The van der Waals surface area contributed by atoms with Crippen molar-refractivity contribution in [2.75, 3.05) is 0 Å². The molecule has 0 aromatic heterocycles. The van der Waals surface area contributed by atoms with Crippen LogP contribution in [-0.4, -0.2) is 0 Å². The van der Waals surface area contributed by atoms with Gasteiger partial charge in [0.25, 0.3) is 0 Å². The average Bonchev–Trinajstić information content (AvgIpc) is 3.19. The van der Waals surface area contributed by atoms with Crippen LogP contribution in [0.25, 0.3) is 6.08 Å². The summed E-state index contributed by atoms with van der Waals surface area (Å²) < 4.78 is 13.0. The van der Waals surface area contributed by atoms with Crippen LogP contribution >= 0.6 is 0 Å². The Labute approximate surface area is 105 Å². The summed E-state index contributed by atoms with van der Waals surface area (Å²) in [7, 11) is 0. The monoisotopic (exact) mass is 238 g/mol.